The predicted molar refractivity (Wildman–Crippen MR) is 102 cm³/mol. The van der Waals surface area contributed by atoms with E-state index in [2.05, 4.69) is 50.4 Å². The maximum Gasteiger partial charge on any atom is 0.116 e. The van der Waals surface area contributed by atoms with Crippen LogP contribution < -0.4 is 0 Å². The zero-order valence-electron chi connectivity index (χ0n) is 14.1. The number of nitrogens with zero attached hydrogens (tertiary/aromatic N) is 4. The maximum absolute atomic E-state index is 5.96. The molecule has 0 aliphatic carbocycles. The topological polar surface area (TPSA) is 41.5 Å². The molecule has 0 amide bonds. The number of rotatable bonds is 3. The van der Waals surface area contributed by atoms with Crippen molar-refractivity contribution in [2.75, 3.05) is 33.3 Å². The molecule has 5 heterocycles. The summed E-state index contributed by atoms with van der Waals surface area (Å²) in [7, 11) is 2.22. The molecule has 25 heavy (non-hydrogen) atoms. The summed E-state index contributed by atoms with van der Waals surface area (Å²) >= 11 is 3.56. The van der Waals surface area contributed by atoms with E-state index in [1.807, 2.05) is 11.3 Å². The summed E-state index contributed by atoms with van der Waals surface area (Å²) < 4.78 is 7.14. The van der Waals surface area contributed by atoms with Crippen LogP contribution >= 0.6 is 22.7 Å². The SMILES string of the molecule is CN1CCO[C@H]2CN(Cc3ccc(-c4ncnc5ccsc45)s3)C[C@@H]21. The zero-order valence-corrected chi connectivity index (χ0v) is 15.7. The van der Waals surface area contributed by atoms with Gasteiger partial charge in [-0.25, -0.2) is 9.97 Å². The summed E-state index contributed by atoms with van der Waals surface area (Å²) in [6, 6.07) is 7.05. The van der Waals surface area contributed by atoms with Crippen molar-refractivity contribution >= 4 is 32.9 Å². The van der Waals surface area contributed by atoms with E-state index in [0.29, 0.717) is 12.1 Å². The number of thiophene rings is 2. The van der Waals surface area contributed by atoms with Gasteiger partial charge < -0.3 is 4.74 Å². The van der Waals surface area contributed by atoms with Gasteiger partial charge >= 0.3 is 0 Å². The molecule has 2 aliphatic rings. The van der Waals surface area contributed by atoms with Gasteiger partial charge in [0.1, 0.15) is 12.0 Å². The number of fused-ring (bicyclic) bond motifs is 2. The van der Waals surface area contributed by atoms with Crippen LogP contribution in [0.5, 0.6) is 0 Å². The van der Waals surface area contributed by atoms with Crippen molar-refractivity contribution in [2.24, 2.45) is 0 Å². The molecule has 2 aliphatic heterocycles. The lowest BCUT2D eigenvalue weighted by Gasteiger charge is -2.33. The van der Waals surface area contributed by atoms with Crippen LogP contribution in [-0.4, -0.2) is 65.2 Å². The lowest BCUT2D eigenvalue weighted by molar-refractivity contribution is -0.0370. The molecule has 2 atom stereocenters. The third-order valence-corrected chi connectivity index (χ3v) is 7.16. The second-order valence-electron chi connectivity index (χ2n) is 6.77. The zero-order chi connectivity index (χ0) is 16.8. The van der Waals surface area contributed by atoms with E-state index in [4.69, 9.17) is 4.74 Å². The first kappa shape index (κ1) is 15.8. The van der Waals surface area contributed by atoms with E-state index in [-0.39, 0.29) is 0 Å². The molecule has 2 fully saturated rings. The molecule has 0 aromatic carbocycles. The maximum atomic E-state index is 5.96. The third-order valence-electron chi connectivity index (χ3n) is 5.17. The van der Waals surface area contributed by atoms with Gasteiger partial charge in [0, 0.05) is 37.1 Å². The highest BCUT2D eigenvalue weighted by Crippen LogP contribution is 2.34. The van der Waals surface area contributed by atoms with Gasteiger partial charge in [-0.15, -0.1) is 22.7 Å². The average molecular weight is 373 g/mol. The number of likely N-dealkylation sites (tertiary alicyclic amines) is 1. The van der Waals surface area contributed by atoms with E-state index < -0.39 is 0 Å². The second kappa shape index (κ2) is 6.41. The molecule has 0 spiro atoms. The van der Waals surface area contributed by atoms with E-state index in [1.54, 1.807) is 17.7 Å². The second-order valence-corrected chi connectivity index (χ2v) is 8.86. The Morgan fingerprint density at radius 2 is 2.20 bits per heavy atom. The Morgan fingerprint density at radius 3 is 3.12 bits per heavy atom. The van der Waals surface area contributed by atoms with Gasteiger partial charge in [0.25, 0.3) is 0 Å². The molecule has 0 bridgehead atoms. The number of hydrogen-bond acceptors (Lipinski definition) is 7. The van der Waals surface area contributed by atoms with Gasteiger partial charge in [-0.3, -0.25) is 9.80 Å². The molecule has 3 aromatic heterocycles. The molecule has 0 unspecified atom stereocenters. The first-order chi connectivity index (χ1) is 12.3. The molecule has 7 heteroatoms. The standard InChI is InChI=1S/C18H20N4OS2/c1-21-5-6-23-15-10-22(9-14(15)21)8-12-2-3-16(25-12)17-18-13(4-7-24-18)19-11-20-17/h2-4,7,11,14-15H,5-6,8-10H2,1H3/t14-,15-/m0/s1. The summed E-state index contributed by atoms with van der Waals surface area (Å²) in [5, 5.41) is 2.08. The Morgan fingerprint density at radius 1 is 1.24 bits per heavy atom. The fourth-order valence-electron chi connectivity index (χ4n) is 3.84. The molecule has 0 radical (unpaired) electrons. The van der Waals surface area contributed by atoms with E-state index in [9.17, 15) is 0 Å². The fraction of sp³-hybridized carbons (Fsp3) is 0.444. The molecule has 0 N–H and O–H groups in total. The van der Waals surface area contributed by atoms with Gasteiger partial charge in [0.15, 0.2) is 0 Å². The van der Waals surface area contributed by atoms with Crippen molar-refractivity contribution in [3.8, 4) is 10.6 Å². The lowest BCUT2D eigenvalue weighted by atomic mass is 10.1. The minimum absolute atomic E-state index is 0.366. The summed E-state index contributed by atoms with van der Waals surface area (Å²) in [6.45, 7) is 5.03. The minimum Gasteiger partial charge on any atom is -0.374 e. The Kier molecular flexibility index (Phi) is 4.06. The summed E-state index contributed by atoms with van der Waals surface area (Å²) in [5.41, 5.74) is 2.10. The van der Waals surface area contributed by atoms with E-state index >= 15 is 0 Å². The summed E-state index contributed by atoms with van der Waals surface area (Å²) in [4.78, 5) is 16.5. The Balaban J connectivity index is 1.35. The number of aromatic nitrogens is 2. The Hall–Kier alpha value is -1.38. The van der Waals surface area contributed by atoms with Crippen LogP contribution in [0.15, 0.2) is 29.9 Å². The highest BCUT2D eigenvalue weighted by Gasteiger charge is 2.38. The Labute approximate surface area is 154 Å². The van der Waals surface area contributed by atoms with Crippen LogP contribution in [0.25, 0.3) is 20.8 Å². The van der Waals surface area contributed by atoms with Crippen LogP contribution in [0.3, 0.4) is 0 Å². The van der Waals surface area contributed by atoms with E-state index in [0.717, 1.165) is 44.0 Å². The van der Waals surface area contributed by atoms with Crippen molar-refractivity contribution in [3.63, 3.8) is 0 Å². The van der Waals surface area contributed by atoms with Gasteiger partial charge in [-0.1, -0.05) is 0 Å². The number of ether oxygens (including phenoxy) is 1. The summed E-state index contributed by atoms with van der Waals surface area (Å²) in [5.74, 6) is 0. The number of hydrogen-bond donors (Lipinski definition) is 0. The largest absolute Gasteiger partial charge is 0.374 e. The van der Waals surface area contributed by atoms with Crippen LogP contribution in [0.1, 0.15) is 4.88 Å². The lowest BCUT2D eigenvalue weighted by Crippen LogP contribution is -2.48. The quantitative estimate of drug-likeness (QED) is 0.707. The molecular formula is C18H20N4OS2. The third kappa shape index (κ3) is 2.90. The normalized spacial score (nSPS) is 24.8. The first-order valence-corrected chi connectivity index (χ1v) is 10.3. The smallest absolute Gasteiger partial charge is 0.116 e. The van der Waals surface area contributed by atoms with Crippen LogP contribution in [0.2, 0.25) is 0 Å². The summed E-state index contributed by atoms with van der Waals surface area (Å²) in [6.07, 6.45) is 2.04. The average Bonchev–Trinajstić information content (AvgIpc) is 3.33. The van der Waals surface area contributed by atoms with Gasteiger partial charge in [0.2, 0.25) is 0 Å². The van der Waals surface area contributed by atoms with Crippen molar-refractivity contribution in [1.29, 1.82) is 0 Å². The predicted octanol–water partition coefficient (Wildman–Crippen LogP) is 2.93. The van der Waals surface area contributed by atoms with Crippen LogP contribution in [-0.2, 0) is 11.3 Å². The van der Waals surface area contributed by atoms with Crippen molar-refractivity contribution in [1.82, 2.24) is 19.8 Å². The van der Waals surface area contributed by atoms with Crippen LogP contribution in [0, 0.1) is 0 Å². The number of morpholine rings is 1. The molecule has 5 nitrogen and oxygen atoms in total. The fourth-order valence-corrected chi connectivity index (χ4v) is 5.80. The monoisotopic (exact) mass is 372 g/mol. The molecule has 3 aromatic rings. The molecule has 5 rings (SSSR count). The van der Waals surface area contributed by atoms with Gasteiger partial charge in [0.05, 0.1) is 27.8 Å². The molecule has 130 valence electrons. The number of likely N-dealkylation sites (N-methyl/N-ethyl adjacent to an activating group) is 1. The minimum atomic E-state index is 0.366. The highest BCUT2D eigenvalue weighted by molar-refractivity contribution is 7.19. The molecule has 0 saturated carbocycles. The Bertz CT molecular complexity index is 892. The van der Waals surface area contributed by atoms with Gasteiger partial charge in [-0.05, 0) is 30.6 Å². The van der Waals surface area contributed by atoms with Crippen molar-refractivity contribution < 1.29 is 4.74 Å². The van der Waals surface area contributed by atoms with Crippen LogP contribution in [0.4, 0.5) is 0 Å². The van der Waals surface area contributed by atoms with Crippen molar-refractivity contribution in [2.45, 2.75) is 18.7 Å². The van der Waals surface area contributed by atoms with Crippen molar-refractivity contribution in [3.05, 3.63) is 34.8 Å². The molecular weight excluding hydrogens is 352 g/mol. The molecule has 2 saturated heterocycles. The van der Waals surface area contributed by atoms with Gasteiger partial charge in [-0.2, -0.15) is 0 Å². The highest BCUT2D eigenvalue weighted by atomic mass is 32.1. The van der Waals surface area contributed by atoms with E-state index in [1.165, 1.54) is 14.5 Å². The first-order valence-electron chi connectivity index (χ1n) is 8.59.